The standard InChI is InChI=1S/C19H24N4O3S2.C5H12/c20-17(25)19(5-11-26-12-6-19)28-23-9-7-22(8-10-23)18-21-13-16(27-18)14-1-3-15(24)4-2-14;1-4-5(2)3/h1-4,13,24H,5-12H2,(H2,20,25);5H,4H2,1-3H3. The highest BCUT2D eigenvalue weighted by Crippen LogP contribution is 2.39. The molecule has 33 heavy (non-hydrogen) atoms. The summed E-state index contributed by atoms with van der Waals surface area (Å²) in [5, 5.41) is 10.4. The second-order valence-corrected chi connectivity index (χ2v) is 11.3. The van der Waals surface area contributed by atoms with Crippen LogP contribution >= 0.6 is 23.3 Å². The number of amides is 1. The van der Waals surface area contributed by atoms with Crippen LogP contribution in [0.1, 0.15) is 40.0 Å². The molecule has 7 nitrogen and oxygen atoms in total. The molecule has 2 saturated heterocycles. The lowest BCUT2D eigenvalue weighted by Gasteiger charge is -2.40. The molecule has 0 aliphatic carbocycles. The Morgan fingerprint density at radius 2 is 1.82 bits per heavy atom. The highest BCUT2D eigenvalue weighted by Gasteiger charge is 2.41. The van der Waals surface area contributed by atoms with E-state index in [9.17, 15) is 9.90 Å². The summed E-state index contributed by atoms with van der Waals surface area (Å²) in [6, 6.07) is 7.18. The fourth-order valence-corrected chi connectivity index (χ4v) is 5.72. The Bertz CT molecular complexity index is 874. The average molecular weight is 493 g/mol. The maximum Gasteiger partial charge on any atom is 0.235 e. The van der Waals surface area contributed by atoms with E-state index in [4.69, 9.17) is 10.5 Å². The molecule has 2 fully saturated rings. The molecule has 0 spiro atoms. The molecule has 0 bridgehead atoms. The second kappa shape index (κ2) is 12.1. The predicted molar refractivity (Wildman–Crippen MR) is 138 cm³/mol. The first-order valence-electron chi connectivity index (χ1n) is 11.6. The number of carbonyl (C=O) groups excluding carboxylic acids is 1. The van der Waals surface area contributed by atoms with E-state index >= 15 is 0 Å². The van der Waals surface area contributed by atoms with Gasteiger partial charge in [-0.05, 0) is 48.6 Å². The second-order valence-electron chi connectivity index (χ2n) is 8.83. The van der Waals surface area contributed by atoms with E-state index < -0.39 is 4.75 Å². The number of nitrogens with zero attached hydrogens (tertiary/aromatic N) is 3. The van der Waals surface area contributed by atoms with Crippen molar-refractivity contribution in [1.29, 1.82) is 0 Å². The lowest BCUT2D eigenvalue weighted by molar-refractivity contribution is -0.122. The summed E-state index contributed by atoms with van der Waals surface area (Å²) >= 11 is 3.27. The van der Waals surface area contributed by atoms with Crippen LogP contribution in [-0.4, -0.2) is 64.4 Å². The predicted octanol–water partition coefficient (Wildman–Crippen LogP) is 4.37. The molecule has 1 amide bonds. The highest BCUT2D eigenvalue weighted by atomic mass is 32.2. The van der Waals surface area contributed by atoms with E-state index in [0.717, 1.165) is 47.7 Å². The molecule has 2 aromatic rings. The van der Waals surface area contributed by atoms with Crippen molar-refractivity contribution >= 4 is 34.3 Å². The van der Waals surface area contributed by atoms with Gasteiger partial charge in [0.15, 0.2) is 5.13 Å². The highest BCUT2D eigenvalue weighted by molar-refractivity contribution is 7.99. The number of carbonyl (C=O) groups is 1. The molecule has 2 aliphatic heterocycles. The summed E-state index contributed by atoms with van der Waals surface area (Å²) in [6.07, 6.45) is 4.54. The summed E-state index contributed by atoms with van der Waals surface area (Å²) in [4.78, 5) is 20.0. The number of aromatic hydroxyl groups is 1. The van der Waals surface area contributed by atoms with Gasteiger partial charge >= 0.3 is 0 Å². The van der Waals surface area contributed by atoms with Crippen LogP contribution in [0.25, 0.3) is 10.4 Å². The number of thiazole rings is 1. The van der Waals surface area contributed by atoms with Crippen molar-refractivity contribution in [2.24, 2.45) is 11.7 Å². The Kier molecular flexibility index (Phi) is 9.43. The number of ether oxygens (including phenoxy) is 1. The molecule has 9 heteroatoms. The SMILES string of the molecule is CCC(C)C.NC(=O)C1(SN2CCN(c3ncc(-c4ccc(O)cc4)s3)CC2)CCOCC1. The molecule has 0 unspecified atom stereocenters. The smallest absolute Gasteiger partial charge is 0.235 e. The van der Waals surface area contributed by atoms with Gasteiger partial charge in [0.05, 0.1) is 4.88 Å². The zero-order chi connectivity index (χ0) is 23.8. The molecule has 4 rings (SSSR count). The maximum absolute atomic E-state index is 12.1. The fraction of sp³-hybridized carbons (Fsp3) is 0.583. The topological polar surface area (TPSA) is 91.9 Å². The van der Waals surface area contributed by atoms with E-state index in [1.807, 2.05) is 18.3 Å². The van der Waals surface area contributed by atoms with Crippen molar-refractivity contribution in [3.63, 3.8) is 0 Å². The van der Waals surface area contributed by atoms with Gasteiger partial charge in [0, 0.05) is 45.6 Å². The Hall–Kier alpha value is -1.81. The van der Waals surface area contributed by atoms with Gasteiger partial charge in [0.1, 0.15) is 10.5 Å². The van der Waals surface area contributed by atoms with Gasteiger partial charge in [-0.3, -0.25) is 4.79 Å². The van der Waals surface area contributed by atoms with Crippen LogP contribution in [0.4, 0.5) is 5.13 Å². The van der Waals surface area contributed by atoms with Gasteiger partial charge in [-0.1, -0.05) is 50.5 Å². The third kappa shape index (κ3) is 7.09. The number of anilines is 1. The minimum atomic E-state index is -0.534. The summed E-state index contributed by atoms with van der Waals surface area (Å²) in [5.74, 6) is 0.914. The van der Waals surface area contributed by atoms with Crippen molar-refractivity contribution in [1.82, 2.24) is 9.29 Å². The number of primary amides is 1. The fourth-order valence-electron chi connectivity index (χ4n) is 3.47. The first kappa shape index (κ1) is 25.8. The number of benzene rings is 1. The lowest BCUT2D eigenvalue weighted by atomic mass is 9.98. The summed E-state index contributed by atoms with van der Waals surface area (Å²) in [7, 11) is 0. The van der Waals surface area contributed by atoms with Crippen LogP contribution in [0.2, 0.25) is 0 Å². The Labute approximate surface area is 205 Å². The number of piperazine rings is 1. The Morgan fingerprint density at radius 1 is 1.21 bits per heavy atom. The first-order valence-corrected chi connectivity index (χ1v) is 13.2. The Balaban J connectivity index is 0.000000555. The van der Waals surface area contributed by atoms with Gasteiger partial charge in [0.25, 0.3) is 0 Å². The van der Waals surface area contributed by atoms with Gasteiger partial charge < -0.3 is 20.5 Å². The third-order valence-electron chi connectivity index (χ3n) is 6.02. The summed E-state index contributed by atoms with van der Waals surface area (Å²) in [5.41, 5.74) is 6.78. The maximum atomic E-state index is 12.1. The van der Waals surface area contributed by atoms with E-state index in [0.29, 0.717) is 26.1 Å². The zero-order valence-corrected chi connectivity index (χ0v) is 21.5. The molecular weight excluding hydrogens is 456 g/mol. The number of phenolic OH excluding ortho intramolecular Hbond substituents is 1. The van der Waals surface area contributed by atoms with Gasteiger partial charge in [-0.2, -0.15) is 0 Å². The number of hydrogen-bond acceptors (Lipinski definition) is 8. The third-order valence-corrected chi connectivity index (χ3v) is 8.71. The van der Waals surface area contributed by atoms with Crippen molar-refractivity contribution < 1.29 is 14.6 Å². The van der Waals surface area contributed by atoms with E-state index in [-0.39, 0.29) is 11.7 Å². The van der Waals surface area contributed by atoms with Crippen LogP contribution in [-0.2, 0) is 9.53 Å². The molecule has 3 N–H and O–H groups in total. The number of rotatable bonds is 6. The normalized spacial score (nSPS) is 18.6. The van der Waals surface area contributed by atoms with Crippen LogP contribution in [0, 0.1) is 5.92 Å². The number of phenols is 1. The Morgan fingerprint density at radius 3 is 2.36 bits per heavy atom. The number of hydrogen-bond donors (Lipinski definition) is 2. The average Bonchev–Trinajstić information content (AvgIpc) is 3.31. The van der Waals surface area contributed by atoms with Gasteiger partial charge in [-0.15, -0.1) is 0 Å². The summed E-state index contributed by atoms with van der Waals surface area (Å²) < 4.78 is 7.15. The molecule has 2 aliphatic rings. The van der Waals surface area contributed by atoms with Crippen LogP contribution in [0.3, 0.4) is 0 Å². The molecule has 182 valence electrons. The quantitative estimate of drug-likeness (QED) is 0.579. The van der Waals surface area contributed by atoms with Crippen molar-refractivity contribution in [3.8, 4) is 16.2 Å². The lowest BCUT2D eigenvalue weighted by Crippen LogP contribution is -2.51. The molecular formula is C24H36N4O3S2. The number of nitrogens with two attached hydrogens (primary N) is 1. The van der Waals surface area contributed by atoms with Gasteiger partial charge in [0.2, 0.25) is 5.91 Å². The van der Waals surface area contributed by atoms with Crippen LogP contribution in [0.15, 0.2) is 30.5 Å². The number of aromatic nitrogens is 1. The molecule has 0 radical (unpaired) electrons. The van der Waals surface area contributed by atoms with Crippen LogP contribution < -0.4 is 10.6 Å². The first-order chi connectivity index (χ1) is 15.8. The molecule has 3 heterocycles. The summed E-state index contributed by atoms with van der Waals surface area (Å²) in [6.45, 7) is 11.3. The van der Waals surface area contributed by atoms with Crippen molar-refractivity contribution in [2.75, 3.05) is 44.3 Å². The zero-order valence-electron chi connectivity index (χ0n) is 19.8. The van der Waals surface area contributed by atoms with Crippen molar-refractivity contribution in [3.05, 3.63) is 30.5 Å². The monoisotopic (exact) mass is 492 g/mol. The van der Waals surface area contributed by atoms with Crippen molar-refractivity contribution in [2.45, 2.75) is 44.8 Å². The van der Waals surface area contributed by atoms with E-state index in [1.165, 1.54) is 6.42 Å². The minimum Gasteiger partial charge on any atom is -0.508 e. The van der Waals surface area contributed by atoms with E-state index in [2.05, 4.69) is 35.0 Å². The van der Waals surface area contributed by atoms with Crippen LogP contribution in [0.5, 0.6) is 5.75 Å². The van der Waals surface area contributed by atoms with Gasteiger partial charge in [-0.25, -0.2) is 9.29 Å². The molecule has 0 saturated carbocycles. The largest absolute Gasteiger partial charge is 0.508 e. The molecule has 0 atom stereocenters. The molecule has 1 aromatic carbocycles. The van der Waals surface area contributed by atoms with E-state index in [1.54, 1.807) is 35.4 Å². The molecule has 1 aromatic heterocycles. The minimum absolute atomic E-state index is 0.235.